The van der Waals surface area contributed by atoms with Gasteiger partial charge in [0.25, 0.3) is 0 Å². The molecular formula is C13H19N3O. The molecule has 1 aliphatic heterocycles. The number of hydrogen-bond acceptors (Lipinski definition) is 3. The Morgan fingerprint density at radius 3 is 2.88 bits per heavy atom. The maximum absolute atomic E-state index is 11.9. The summed E-state index contributed by atoms with van der Waals surface area (Å²) >= 11 is 0. The first-order valence-corrected chi connectivity index (χ1v) is 5.87. The van der Waals surface area contributed by atoms with Crippen molar-refractivity contribution in [1.82, 2.24) is 9.80 Å². The molecular weight excluding hydrogens is 214 g/mol. The van der Waals surface area contributed by atoms with Crippen molar-refractivity contribution in [3.63, 3.8) is 0 Å². The van der Waals surface area contributed by atoms with Crippen LogP contribution in [-0.2, 0) is 11.3 Å². The van der Waals surface area contributed by atoms with Crippen LogP contribution in [0, 0.1) is 0 Å². The van der Waals surface area contributed by atoms with E-state index in [-0.39, 0.29) is 11.9 Å². The Balaban J connectivity index is 2.02. The van der Waals surface area contributed by atoms with Crippen LogP contribution in [0.1, 0.15) is 12.0 Å². The highest BCUT2D eigenvalue weighted by atomic mass is 16.2. The summed E-state index contributed by atoms with van der Waals surface area (Å²) in [6, 6.07) is 7.83. The predicted molar refractivity (Wildman–Crippen MR) is 68.4 cm³/mol. The van der Waals surface area contributed by atoms with Gasteiger partial charge in [-0.3, -0.25) is 9.69 Å². The van der Waals surface area contributed by atoms with Crippen molar-refractivity contribution in [1.29, 1.82) is 0 Å². The minimum atomic E-state index is 0.0152. The summed E-state index contributed by atoms with van der Waals surface area (Å²) in [4.78, 5) is 15.8. The van der Waals surface area contributed by atoms with Gasteiger partial charge in [0.1, 0.15) is 0 Å². The Morgan fingerprint density at radius 1 is 1.53 bits per heavy atom. The molecule has 1 aliphatic rings. The third-order valence-corrected chi connectivity index (χ3v) is 3.31. The Kier molecular flexibility index (Phi) is 3.33. The number of amides is 1. The van der Waals surface area contributed by atoms with Gasteiger partial charge in [0.2, 0.25) is 5.91 Å². The van der Waals surface area contributed by atoms with Crippen LogP contribution < -0.4 is 5.73 Å². The van der Waals surface area contributed by atoms with Gasteiger partial charge in [-0.2, -0.15) is 0 Å². The predicted octanol–water partition coefficient (Wildman–Crippen LogP) is 0.931. The van der Waals surface area contributed by atoms with E-state index in [9.17, 15) is 4.79 Å². The van der Waals surface area contributed by atoms with Crippen LogP contribution in [0.25, 0.3) is 0 Å². The second-order valence-electron chi connectivity index (χ2n) is 4.72. The van der Waals surface area contributed by atoms with E-state index in [4.69, 9.17) is 5.73 Å². The van der Waals surface area contributed by atoms with Crippen LogP contribution in [0.15, 0.2) is 24.3 Å². The fourth-order valence-electron chi connectivity index (χ4n) is 2.30. The molecule has 0 saturated carbocycles. The largest absolute Gasteiger partial charge is 0.399 e. The second-order valence-corrected chi connectivity index (χ2v) is 4.72. The number of rotatable bonds is 3. The summed E-state index contributed by atoms with van der Waals surface area (Å²) in [7, 11) is 3.85. The van der Waals surface area contributed by atoms with Crippen LogP contribution >= 0.6 is 0 Å². The van der Waals surface area contributed by atoms with E-state index in [2.05, 4.69) is 4.90 Å². The molecule has 2 N–H and O–H groups in total. The van der Waals surface area contributed by atoms with E-state index in [1.165, 1.54) is 0 Å². The van der Waals surface area contributed by atoms with E-state index >= 15 is 0 Å². The minimum Gasteiger partial charge on any atom is -0.399 e. The number of carbonyl (C=O) groups is 1. The maximum Gasteiger partial charge on any atom is 0.239 e. The lowest BCUT2D eigenvalue weighted by Gasteiger charge is -2.22. The van der Waals surface area contributed by atoms with Gasteiger partial charge in [0.15, 0.2) is 0 Å². The zero-order valence-electron chi connectivity index (χ0n) is 10.4. The SMILES string of the molecule is CN1CCC(N(C)Cc2cccc(N)c2)C1=O. The summed E-state index contributed by atoms with van der Waals surface area (Å²) in [5, 5.41) is 0. The number of likely N-dealkylation sites (tertiary alicyclic amines) is 1. The van der Waals surface area contributed by atoms with E-state index in [0.717, 1.165) is 30.8 Å². The summed E-state index contributed by atoms with van der Waals surface area (Å²) in [6.45, 7) is 1.61. The van der Waals surface area contributed by atoms with E-state index in [0.29, 0.717) is 0 Å². The van der Waals surface area contributed by atoms with Crippen LogP contribution in [0.2, 0.25) is 0 Å². The first-order valence-electron chi connectivity index (χ1n) is 5.87. The van der Waals surface area contributed by atoms with Gasteiger partial charge >= 0.3 is 0 Å². The molecule has 1 unspecified atom stereocenters. The van der Waals surface area contributed by atoms with Crippen molar-refractivity contribution in [3.8, 4) is 0 Å². The lowest BCUT2D eigenvalue weighted by atomic mass is 10.1. The van der Waals surface area contributed by atoms with Crippen molar-refractivity contribution < 1.29 is 4.79 Å². The van der Waals surface area contributed by atoms with Gasteiger partial charge in [-0.1, -0.05) is 12.1 Å². The highest BCUT2D eigenvalue weighted by Crippen LogP contribution is 2.17. The number of benzene rings is 1. The Morgan fingerprint density at radius 2 is 2.29 bits per heavy atom. The molecule has 0 aromatic heterocycles. The quantitative estimate of drug-likeness (QED) is 0.790. The highest BCUT2D eigenvalue weighted by Gasteiger charge is 2.31. The van der Waals surface area contributed by atoms with Crippen molar-refractivity contribution in [2.45, 2.75) is 19.0 Å². The molecule has 4 nitrogen and oxygen atoms in total. The van der Waals surface area contributed by atoms with Crippen molar-refractivity contribution in [2.75, 3.05) is 26.4 Å². The van der Waals surface area contributed by atoms with Crippen molar-refractivity contribution in [3.05, 3.63) is 29.8 Å². The molecule has 1 aromatic rings. The van der Waals surface area contributed by atoms with Crippen LogP contribution in [-0.4, -0.2) is 42.4 Å². The molecule has 1 fully saturated rings. The topological polar surface area (TPSA) is 49.6 Å². The number of nitrogens with two attached hydrogens (primary N) is 1. The van der Waals surface area contributed by atoms with Crippen LogP contribution in [0.4, 0.5) is 5.69 Å². The Hall–Kier alpha value is -1.55. The zero-order valence-corrected chi connectivity index (χ0v) is 10.4. The normalized spacial score (nSPS) is 20.3. The van der Waals surface area contributed by atoms with E-state index in [1.807, 2.05) is 38.4 Å². The van der Waals surface area contributed by atoms with Crippen molar-refractivity contribution >= 4 is 11.6 Å². The number of nitrogens with zero attached hydrogens (tertiary/aromatic N) is 2. The molecule has 1 saturated heterocycles. The fourth-order valence-corrected chi connectivity index (χ4v) is 2.30. The smallest absolute Gasteiger partial charge is 0.239 e. The van der Waals surface area contributed by atoms with Crippen LogP contribution in [0.5, 0.6) is 0 Å². The molecule has 4 heteroatoms. The number of hydrogen-bond donors (Lipinski definition) is 1. The van der Waals surface area contributed by atoms with Gasteiger partial charge in [0, 0.05) is 25.8 Å². The van der Waals surface area contributed by atoms with Gasteiger partial charge in [-0.15, -0.1) is 0 Å². The van der Waals surface area contributed by atoms with Gasteiger partial charge in [-0.25, -0.2) is 0 Å². The minimum absolute atomic E-state index is 0.0152. The molecule has 0 radical (unpaired) electrons. The molecule has 1 atom stereocenters. The maximum atomic E-state index is 11.9. The van der Waals surface area contributed by atoms with Crippen LogP contribution in [0.3, 0.4) is 0 Å². The first kappa shape index (κ1) is 11.9. The Bertz CT molecular complexity index is 419. The second kappa shape index (κ2) is 4.75. The average Bonchev–Trinajstić information content (AvgIpc) is 2.60. The number of likely N-dealkylation sites (N-methyl/N-ethyl adjacent to an activating group) is 2. The fraction of sp³-hybridized carbons (Fsp3) is 0.462. The molecule has 92 valence electrons. The molecule has 1 aromatic carbocycles. The number of carbonyl (C=O) groups excluding carboxylic acids is 1. The monoisotopic (exact) mass is 233 g/mol. The lowest BCUT2D eigenvalue weighted by molar-refractivity contribution is -0.130. The zero-order chi connectivity index (χ0) is 12.4. The summed E-state index contributed by atoms with van der Waals surface area (Å²) in [6.07, 6.45) is 0.911. The van der Waals surface area contributed by atoms with E-state index < -0.39 is 0 Å². The molecule has 2 rings (SSSR count). The van der Waals surface area contributed by atoms with Gasteiger partial charge in [-0.05, 0) is 31.2 Å². The average molecular weight is 233 g/mol. The number of anilines is 1. The molecule has 1 heterocycles. The van der Waals surface area contributed by atoms with E-state index in [1.54, 1.807) is 4.90 Å². The van der Waals surface area contributed by atoms with Gasteiger partial charge in [0.05, 0.1) is 6.04 Å². The lowest BCUT2D eigenvalue weighted by Crippen LogP contribution is -2.38. The molecule has 0 aliphatic carbocycles. The Labute approximate surface area is 102 Å². The third kappa shape index (κ3) is 2.58. The molecule has 0 bridgehead atoms. The summed E-state index contributed by atoms with van der Waals surface area (Å²) in [5.74, 6) is 0.219. The summed E-state index contributed by atoms with van der Waals surface area (Å²) in [5.41, 5.74) is 7.66. The summed E-state index contributed by atoms with van der Waals surface area (Å²) < 4.78 is 0. The molecule has 0 spiro atoms. The standard InChI is InChI=1S/C13H19N3O/c1-15-7-6-12(13(15)17)16(2)9-10-4-3-5-11(14)8-10/h3-5,8,12H,6-7,9,14H2,1-2H3. The number of nitrogen functional groups attached to an aromatic ring is 1. The highest BCUT2D eigenvalue weighted by molar-refractivity contribution is 5.83. The van der Waals surface area contributed by atoms with Gasteiger partial charge < -0.3 is 10.6 Å². The third-order valence-electron chi connectivity index (χ3n) is 3.31. The van der Waals surface area contributed by atoms with Crippen molar-refractivity contribution in [2.24, 2.45) is 0 Å². The molecule has 1 amide bonds. The molecule has 17 heavy (non-hydrogen) atoms. The first-order chi connectivity index (χ1) is 8.08.